The van der Waals surface area contributed by atoms with Crippen LogP contribution in [-0.4, -0.2) is 26.7 Å². The first kappa shape index (κ1) is 20.1. The summed E-state index contributed by atoms with van der Waals surface area (Å²) in [6.07, 6.45) is 3.24. The van der Waals surface area contributed by atoms with Crippen LogP contribution in [0.15, 0.2) is 78.6 Å². The van der Waals surface area contributed by atoms with Gasteiger partial charge in [0.2, 0.25) is 0 Å². The van der Waals surface area contributed by atoms with Crippen LogP contribution in [0, 0.1) is 0 Å². The minimum atomic E-state index is -0.758. The maximum atomic E-state index is 13.0. The van der Waals surface area contributed by atoms with E-state index in [1.807, 2.05) is 0 Å². The Morgan fingerprint density at radius 3 is 2.07 bits per heavy atom. The summed E-state index contributed by atoms with van der Waals surface area (Å²) in [7, 11) is 0. The van der Waals surface area contributed by atoms with Gasteiger partial charge in [0.05, 0.1) is 11.6 Å². The molecule has 3 aromatic rings. The molecule has 1 fully saturated rings. The van der Waals surface area contributed by atoms with Gasteiger partial charge in [-0.05, 0) is 59.7 Å². The number of benzene rings is 2. The molecule has 1 saturated heterocycles. The third-order valence-electron chi connectivity index (χ3n) is 4.95. The number of carbonyl (C=O) groups excluding carboxylic acids is 2. The first-order valence-corrected chi connectivity index (χ1v) is 9.90. The minimum Gasteiger partial charge on any atom is -0.507 e. The van der Waals surface area contributed by atoms with E-state index >= 15 is 0 Å². The summed E-state index contributed by atoms with van der Waals surface area (Å²) in [5.41, 5.74) is 1.92. The molecule has 4 rings (SSSR count). The third kappa shape index (κ3) is 3.82. The molecular weight excluding hydrogens is 423 g/mol. The standard InChI is InChI=1S/C23H16Cl2N2O3/c24-17-5-1-15(2-6-17)20-19(21(28)16-3-7-18(25)8-4-16)22(29)23(30)27(20)13-14-9-11-26-12-10-14/h1-12,20,28H,13H2/b21-19+. The molecule has 2 heterocycles. The molecule has 0 radical (unpaired) electrons. The second kappa shape index (κ2) is 8.30. The summed E-state index contributed by atoms with van der Waals surface area (Å²) in [5, 5.41) is 12.0. The molecule has 0 saturated carbocycles. The fourth-order valence-corrected chi connectivity index (χ4v) is 3.73. The predicted octanol–water partition coefficient (Wildman–Crippen LogP) is 5.01. The number of aromatic nitrogens is 1. The fourth-order valence-electron chi connectivity index (χ4n) is 3.48. The summed E-state index contributed by atoms with van der Waals surface area (Å²) in [6.45, 7) is 0.192. The molecule has 0 spiro atoms. The number of Topliss-reactive ketones (excluding diaryl/α,β-unsaturated/α-hetero) is 1. The van der Waals surface area contributed by atoms with Gasteiger partial charge in [0.15, 0.2) is 0 Å². The molecule has 7 heteroatoms. The van der Waals surface area contributed by atoms with E-state index in [-0.39, 0.29) is 17.9 Å². The first-order chi connectivity index (χ1) is 14.5. The van der Waals surface area contributed by atoms with Crippen molar-refractivity contribution in [2.75, 3.05) is 0 Å². The molecule has 1 aliphatic rings. The molecule has 0 aliphatic carbocycles. The predicted molar refractivity (Wildman–Crippen MR) is 115 cm³/mol. The Bertz CT molecular complexity index is 1130. The molecule has 30 heavy (non-hydrogen) atoms. The van der Waals surface area contributed by atoms with E-state index in [9.17, 15) is 14.7 Å². The van der Waals surface area contributed by atoms with Crippen molar-refractivity contribution >= 4 is 40.7 Å². The second-order valence-electron chi connectivity index (χ2n) is 6.84. The van der Waals surface area contributed by atoms with E-state index in [2.05, 4.69) is 4.98 Å². The Labute approximate surface area is 183 Å². The second-order valence-corrected chi connectivity index (χ2v) is 7.71. The average molecular weight is 439 g/mol. The number of hydrogen-bond donors (Lipinski definition) is 1. The lowest BCUT2D eigenvalue weighted by Gasteiger charge is -2.25. The number of hydrogen-bond acceptors (Lipinski definition) is 4. The SMILES string of the molecule is O=C1C(=O)N(Cc2ccncc2)C(c2ccc(Cl)cc2)/C1=C(\O)c1ccc(Cl)cc1. The Kier molecular flexibility index (Phi) is 5.57. The van der Waals surface area contributed by atoms with E-state index < -0.39 is 17.7 Å². The highest BCUT2D eigenvalue weighted by Gasteiger charge is 2.46. The number of nitrogens with zero attached hydrogens (tertiary/aromatic N) is 2. The van der Waals surface area contributed by atoms with Crippen molar-refractivity contribution in [1.82, 2.24) is 9.88 Å². The van der Waals surface area contributed by atoms with E-state index in [0.717, 1.165) is 5.56 Å². The van der Waals surface area contributed by atoms with Crippen LogP contribution >= 0.6 is 23.2 Å². The normalized spacial score (nSPS) is 18.1. The zero-order valence-electron chi connectivity index (χ0n) is 15.6. The van der Waals surface area contributed by atoms with Gasteiger partial charge in [-0.3, -0.25) is 14.6 Å². The van der Waals surface area contributed by atoms with Crippen molar-refractivity contribution in [1.29, 1.82) is 0 Å². The molecule has 2 aromatic carbocycles. The maximum Gasteiger partial charge on any atom is 0.295 e. The number of ketones is 1. The average Bonchev–Trinajstić information content (AvgIpc) is 3.00. The third-order valence-corrected chi connectivity index (χ3v) is 5.45. The van der Waals surface area contributed by atoms with Gasteiger partial charge in [-0.15, -0.1) is 0 Å². The highest BCUT2D eigenvalue weighted by Crippen LogP contribution is 2.40. The van der Waals surface area contributed by atoms with Gasteiger partial charge in [0, 0.05) is 34.5 Å². The zero-order valence-corrected chi connectivity index (χ0v) is 17.1. The minimum absolute atomic E-state index is 0.0266. The number of amides is 1. The number of likely N-dealkylation sites (tertiary alicyclic amines) is 1. The van der Waals surface area contributed by atoms with Crippen molar-refractivity contribution in [3.63, 3.8) is 0 Å². The Balaban J connectivity index is 1.85. The van der Waals surface area contributed by atoms with Crippen LogP contribution in [0.5, 0.6) is 0 Å². The van der Waals surface area contributed by atoms with Crippen LogP contribution in [0.25, 0.3) is 5.76 Å². The molecule has 0 bridgehead atoms. The Morgan fingerprint density at radius 1 is 0.900 bits per heavy atom. The number of carbonyl (C=O) groups is 2. The van der Waals surface area contributed by atoms with Crippen molar-refractivity contribution in [2.24, 2.45) is 0 Å². The van der Waals surface area contributed by atoms with Crippen molar-refractivity contribution in [3.8, 4) is 0 Å². The summed E-state index contributed by atoms with van der Waals surface area (Å²) in [4.78, 5) is 31.3. The van der Waals surface area contributed by atoms with E-state index in [1.165, 1.54) is 4.90 Å². The molecular formula is C23H16Cl2N2O3. The topological polar surface area (TPSA) is 70.5 Å². The summed E-state index contributed by atoms with van der Waals surface area (Å²) < 4.78 is 0. The molecule has 5 nitrogen and oxygen atoms in total. The first-order valence-electron chi connectivity index (χ1n) is 9.14. The molecule has 1 amide bonds. The monoisotopic (exact) mass is 438 g/mol. The molecule has 1 atom stereocenters. The van der Waals surface area contributed by atoms with Crippen molar-refractivity contribution < 1.29 is 14.7 Å². The highest BCUT2D eigenvalue weighted by molar-refractivity contribution is 6.46. The Hall–Kier alpha value is -3.15. The van der Waals surface area contributed by atoms with Gasteiger partial charge in [0.1, 0.15) is 5.76 Å². The number of aliphatic hydroxyl groups is 1. The number of pyridine rings is 1. The van der Waals surface area contributed by atoms with Crippen LogP contribution in [0.1, 0.15) is 22.7 Å². The van der Waals surface area contributed by atoms with Crippen molar-refractivity contribution in [2.45, 2.75) is 12.6 Å². The van der Waals surface area contributed by atoms with Gasteiger partial charge in [-0.25, -0.2) is 0 Å². The quantitative estimate of drug-likeness (QED) is 0.353. The summed E-state index contributed by atoms with van der Waals surface area (Å²) in [5.74, 6) is -1.67. The van der Waals surface area contributed by atoms with Crippen LogP contribution in [0.3, 0.4) is 0 Å². The van der Waals surface area contributed by atoms with Crippen LogP contribution in [-0.2, 0) is 16.1 Å². The molecule has 150 valence electrons. The smallest absolute Gasteiger partial charge is 0.295 e. The van der Waals surface area contributed by atoms with E-state index in [0.29, 0.717) is 21.2 Å². The maximum absolute atomic E-state index is 13.0. The summed E-state index contributed by atoms with van der Waals surface area (Å²) in [6, 6.07) is 16.1. The van der Waals surface area contributed by atoms with Gasteiger partial charge >= 0.3 is 0 Å². The molecule has 1 aromatic heterocycles. The zero-order chi connectivity index (χ0) is 21.3. The molecule has 1 aliphatic heterocycles. The lowest BCUT2D eigenvalue weighted by Crippen LogP contribution is -2.29. The van der Waals surface area contributed by atoms with Crippen LogP contribution in [0.2, 0.25) is 10.0 Å². The largest absolute Gasteiger partial charge is 0.507 e. The molecule has 1 unspecified atom stereocenters. The number of rotatable bonds is 4. The van der Waals surface area contributed by atoms with Gasteiger partial charge in [-0.2, -0.15) is 0 Å². The van der Waals surface area contributed by atoms with Crippen LogP contribution in [0.4, 0.5) is 0 Å². The van der Waals surface area contributed by atoms with Crippen molar-refractivity contribution in [3.05, 3.63) is 105 Å². The molecule has 1 N–H and O–H groups in total. The van der Waals surface area contributed by atoms with Crippen LogP contribution < -0.4 is 0 Å². The highest BCUT2D eigenvalue weighted by atomic mass is 35.5. The van der Waals surface area contributed by atoms with Gasteiger partial charge in [-0.1, -0.05) is 35.3 Å². The number of halogens is 2. The lowest BCUT2D eigenvalue weighted by atomic mass is 9.95. The van der Waals surface area contributed by atoms with Gasteiger partial charge < -0.3 is 10.0 Å². The Morgan fingerprint density at radius 2 is 1.47 bits per heavy atom. The lowest BCUT2D eigenvalue weighted by molar-refractivity contribution is -0.140. The fraction of sp³-hybridized carbons (Fsp3) is 0.0870. The summed E-state index contributed by atoms with van der Waals surface area (Å²) >= 11 is 12.0. The van der Waals surface area contributed by atoms with E-state index in [1.54, 1.807) is 73.1 Å². The van der Waals surface area contributed by atoms with Gasteiger partial charge in [0.25, 0.3) is 11.7 Å². The van der Waals surface area contributed by atoms with E-state index in [4.69, 9.17) is 23.2 Å². The number of aliphatic hydroxyl groups excluding tert-OH is 1.